The summed E-state index contributed by atoms with van der Waals surface area (Å²) in [5.74, 6) is -0.298. The molecule has 1 fully saturated rings. The van der Waals surface area contributed by atoms with Crippen molar-refractivity contribution < 1.29 is 9.50 Å². The predicted molar refractivity (Wildman–Crippen MR) is 129 cm³/mol. The lowest BCUT2D eigenvalue weighted by Gasteiger charge is -2.36. The van der Waals surface area contributed by atoms with Gasteiger partial charge in [-0.1, -0.05) is 6.07 Å². The highest BCUT2D eigenvalue weighted by Gasteiger charge is 2.38. The van der Waals surface area contributed by atoms with Gasteiger partial charge in [0.1, 0.15) is 16.7 Å². The predicted octanol–water partition coefficient (Wildman–Crippen LogP) is 2.90. The first-order chi connectivity index (χ1) is 17.0. The van der Waals surface area contributed by atoms with E-state index in [-0.39, 0.29) is 22.3 Å². The van der Waals surface area contributed by atoms with E-state index in [4.69, 9.17) is 0 Å². The first kappa shape index (κ1) is 21.9. The number of anilines is 2. The van der Waals surface area contributed by atoms with Crippen LogP contribution in [0.1, 0.15) is 43.0 Å². The molecule has 9 nitrogen and oxygen atoms in total. The quantitative estimate of drug-likeness (QED) is 0.407. The average molecular weight is 476 g/mol. The first-order valence-electron chi connectivity index (χ1n) is 11.9. The fourth-order valence-electron chi connectivity index (χ4n) is 4.92. The van der Waals surface area contributed by atoms with Gasteiger partial charge >= 0.3 is 0 Å². The summed E-state index contributed by atoms with van der Waals surface area (Å²) < 4.78 is 18.0. The lowest BCUT2D eigenvalue weighted by molar-refractivity contribution is -0.0427. The van der Waals surface area contributed by atoms with Crippen LogP contribution < -0.4 is 16.2 Å². The summed E-state index contributed by atoms with van der Waals surface area (Å²) >= 11 is 0. The van der Waals surface area contributed by atoms with Gasteiger partial charge in [0.25, 0.3) is 5.56 Å². The number of halogens is 1. The van der Waals surface area contributed by atoms with Gasteiger partial charge in [0.15, 0.2) is 11.5 Å². The third-order valence-electron chi connectivity index (χ3n) is 7.04. The molecule has 6 rings (SSSR count). The molecular formula is C25H26FN7O2. The van der Waals surface area contributed by atoms with Gasteiger partial charge in [-0.05, 0) is 68.5 Å². The van der Waals surface area contributed by atoms with Crippen LogP contribution >= 0.6 is 0 Å². The van der Waals surface area contributed by atoms with Crippen LogP contribution in [0.15, 0.2) is 41.5 Å². The highest BCUT2D eigenvalue weighted by atomic mass is 19.1. The van der Waals surface area contributed by atoms with Gasteiger partial charge in [0.05, 0.1) is 11.9 Å². The summed E-state index contributed by atoms with van der Waals surface area (Å²) in [6.07, 6.45) is 5.55. The number of fused-ring (bicyclic) bond motifs is 2. The summed E-state index contributed by atoms with van der Waals surface area (Å²) in [5.41, 5.74) is 2.81. The number of aromatic nitrogens is 5. The molecule has 35 heavy (non-hydrogen) atoms. The van der Waals surface area contributed by atoms with Crippen LogP contribution in [0.4, 0.5) is 16.0 Å². The van der Waals surface area contributed by atoms with Crippen molar-refractivity contribution in [2.24, 2.45) is 0 Å². The smallest absolute Gasteiger partial charge is 0.278 e. The van der Waals surface area contributed by atoms with Crippen molar-refractivity contribution in [2.45, 2.75) is 51.3 Å². The number of nitrogens with one attached hydrogen (secondary N) is 2. The molecule has 0 radical (unpaired) electrons. The Labute approximate surface area is 200 Å². The van der Waals surface area contributed by atoms with Crippen molar-refractivity contribution in [3.63, 3.8) is 0 Å². The van der Waals surface area contributed by atoms with Crippen LogP contribution in [0.25, 0.3) is 16.7 Å². The summed E-state index contributed by atoms with van der Waals surface area (Å²) in [5, 5.41) is 17.7. The van der Waals surface area contributed by atoms with Crippen LogP contribution in [0.5, 0.6) is 0 Å². The second-order valence-electron chi connectivity index (χ2n) is 9.20. The third-order valence-corrected chi connectivity index (χ3v) is 7.04. The minimum atomic E-state index is -1.06. The lowest BCUT2D eigenvalue weighted by atomic mass is 9.77. The Kier molecular flexibility index (Phi) is 5.15. The molecule has 1 aliphatic heterocycles. The summed E-state index contributed by atoms with van der Waals surface area (Å²) in [6.45, 7) is 3.90. The van der Waals surface area contributed by atoms with Crippen LogP contribution in [0.2, 0.25) is 0 Å². The molecule has 0 atom stereocenters. The molecule has 1 aromatic carbocycles. The van der Waals surface area contributed by atoms with Crippen molar-refractivity contribution in [1.29, 1.82) is 0 Å². The lowest BCUT2D eigenvalue weighted by Crippen LogP contribution is -2.35. The van der Waals surface area contributed by atoms with Crippen molar-refractivity contribution in [2.75, 3.05) is 11.9 Å². The van der Waals surface area contributed by atoms with Crippen molar-refractivity contribution in [3.05, 3.63) is 69.7 Å². The summed E-state index contributed by atoms with van der Waals surface area (Å²) in [6, 6.07) is 7.65. The van der Waals surface area contributed by atoms with Gasteiger partial charge in [-0.25, -0.2) is 18.7 Å². The third kappa shape index (κ3) is 3.60. The second kappa shape index (κ2) is 8.24. The minimum absolute atomic E-state index is 0.121. The Balaban J connectivity index is 1.46. The number of benzene rings is 1. The molecule has 10 heteroatoms. The normalized spacial score (nSPS) is 16.7. The van der Waals surface area contributed by atoms with E-state index in [0.29, 0.717) is 31.0 Å². The number of rotatable bonds is 5. The van der Waals surface area contributed by atoms with Gasteiger partial charge in [-0.3, -0.25) is 9.78 Å². The zero-order valence-corrected chi connectivity index (χ0v) is 19.4. The summed E-state index contributed by atoms with van der Waals surface area (Å²) in [4.78, 5) is 26.2. The number of aliphatic hydroxyl groups is 1. The highest BCUT2D eigenvalue weighted by Crippen LogP contribution is 2.40. The Morgan fingerprint density at radius 2 is 2.06 bits per heavy atom. The Bertz CT molecular complexity index is 1510. The average Bonchev–Trinajstić information content (AvgIpc) is 3.13. The van der Waals surface area contributed by atoms with E-state index in [1.165, 1.54) is 32.8 Å². The molecule has 0 saturated heterocycles. The Morgan fingerprint density at radius 1 is 1.20 bits per heavy atom. The minimum Gasteiger partial charge on any atom is -0.384 e. The number of pyridine rings is 1. The van der Waals surface area contributed by atoms with Gasteiger partial charge < -0.3 is 15.7 Å². The van der Waals surface area contributed by atoms with E-state index in [9.17, 15) is 9.90 Å². The zero-order valence-electron chi connectivity index (χ0n) is 19.4. The zero-order chi connectivity index (χ0) is 24.2. The van der Waals surface area contributed by atoms with Gasteiger partial charge in [0, 0.05) is 25.0 Å². The van der Waals surface area contributed by atoms with Gasteiger partial charge in [0.2, 0.25) is 5.95 Å². The number of hydrogen-bond acceptors (Lipinski definition) is 7. The Morgan fingerprint density at radius 3 is 2.83 bits per heavy atom. The molecule has 3 aromatic heterocycles. The number of hydrogen-bond donors (Lipinski definition) is 3. The maximum atomic E-state index is 15.1. The van der Waals surface area contributed by atoms with E-state index < -0.39 is 11.4 Å². The van der Waals surface area contributed by atoms with E-state index >= 15 is 4.39 Å². The molecule has 1 aliphatic carbocycles. The molecule has 180 valence electrons. The van der Waals surface area contributed by atoms with Gasteiger partial charge in [-0.2, -0.15) is 4.98 Å². The standard InChI is InChI=1S/C25H26FN7O2/c1-2-32-23(34)18-13-29-24(30-17-5-4-16-12-27-9-6-15(16)10-17)31-22(18)33(32)20-11-21(28-14-19(20)26)25(35)7-3-8-25/h4-5,10-11,13-14,27,35H,2-3,6-9,12H2,1H3,(H,29,30,31). The SMILES string of the molecule is CCn1c(=O)c2cnc(Nc3ccc4c(c3)CCNC4)nc2n1-c1cc(C2(O)CCC2)ncc1F. The number of nitrogens with zero attached hydrogens (tertiary/aromatic N) is 5. The molecule has 0 bridgehead atoms. The van der Waals surface area contributed by atoms with Crippen LogP contribution in [0.3, 0.4) is 0 Å². The largest absolute Gasteiger partial charge is 0.384 e. The maximum absolute atomic E-state index is 15.1. The molecule has 4 aromatic rings. The molecule has 3 N–H and O–H groups in total. The topological polar surface area (TPSA) is 110 Å². The van der Waals surface area contributed by atoms with E-state index in [2.05, 4.69) is 37.7 Å². The van der Waals surface area contributed by atoms with E-state index in [1.54, 1.807) is 0 Å². The van der Waals surface area contributed by atoms with Gasteiger partial charge in [-0.15, -0.1) is 0 Å². The summed E-state index contributed by atoms with van der Waals surface area (Å²) in [7, 11) is 0. The van der Waals surface area contributed by atoms with Crippen molar-refractivity contribution >= 4 is 22.7 Å². The molecule has 0 spiro atoms. The fourth-order valence-corrected chi connectivity index (χ4v) is 4.92. The second-order valence-corrected chi connectivity index (χ2v) is 9.20. The van der Waals surface area contributed by atoms with E-state index in [0.717, 1.165) is 37.8 Å². The highest BCUT2D eigenvalue weighted by molar-refractivity contribution is 5.77. The van der Waals surface area contributed by atoms with Crippen LogP contribution in [0, 0.1) is 5.82 Å². The molecule has 0 unspecified atom stereocenters. The van der Waals surface area contributed by atoms with Crippen molar-refractivity contribution in [3.8, 4) is 5.69 Å². The molecular weight excluding hydrogens is 449 g/mol. The van der Waals surface area contributed by atoms with Crippen LogP contribution in [-0.2, 0) is 25.1 Å². The Hall–Kier alpha value is -3.63. The fraction of sp³-hybridized carbons (Fsp3) is 0.360. The van der Waals surface area contributed by atoms with E-state index in [1.807, 2.05) is 13.0 Å². The molecule has 1 saturated carbocycles. The van der Waals surface area contributed by atoms with Crippen LogP contribution in [-0.4, -0.2) is 36.0 Å². The van der Waals surface area contributed by atoms with Crippen molar-refractivity contribution in [1.82, 2.24) is 29.6 Å². The monoisotopic (exact) mass is 475 g/mol. The molecule has 2 aliphatic rings. The maximum Gasteiger partial charge on any atom is 0.278 e. The first-order valence-corrected chi connectivity index (χ1v) is 11.9. The molecule has 0 amide bonds. The molecule has 4 heterocycles.